The zero-order chi connectivity index (χ0) is 22.9. The topological polar surface area (TPSA) is 103 Å². The summed E-state index contributed by atoms with van der Waals surface area (Å²) in [5.74, 6) is -0.200. The highest BCUT2D eigenvalue weighted by Gasteiger charge is 2.10. The molecule has 0 aliphatic heterocycles. The van der Waals surface area contributed by atoms with Crippen LogP contribution in [0.15, 0.2) is 78.9 Å². The molecule has 0 aliphatic carbocycles. The van der Waals surface area contributed by atoms with Crippen molar-refractivity contribution in [1.29, 1.82) is 0 Å². The van der Waals surface area contributed by atoms with E-state index in [4.69, 9.17) is 11.5 Å². The van der Waals surface area contributed by atoms with Gasteiger partial charge in [-0.2, -0.15) is 4.98 Å². The zero-order valence-corrected chi connectivity index (χ0v) is 17.3. The molecule has 6 nitrogen and oxygen atoms in total. The highest BCUT2D eigenvalue weighted by atomic mass is 19.1. The molecule has 0 saturated carbocycles. The van der Waals surface area contributed by atoms with E-state index in [-0.39, 0.29) is 17.6 Å². The molecule has 0 spiro atoms. The van der Waals surface area contributed by atoms with Crippen LogP contribution in [0.3, 0.4) is 0 Å². The van der Waals surface area contributed by atoms with E-state index in [0.29, 0.717) is 45.2 Å². The number of pyridine rings is 1. The van der Waals surface area contributed by atoms with E-state index in [1.165, 1.54) is 24.3 Å². The molecule has 2 aromatic heterocycles. The molecule has 0 saturated heterocycles. The number of hydrogen-bond donors (Lipinski definition) is 3. The van der Waals surface area contributed by atoms with Gasteiger partial charge in [0.15, 0.2) is 0 Å². The molecule has 0 amide bonds. The molecule has 5 N–H and O–H groups in total. The van der Waals surface area contributed by atoms with Crippen LogP contribution in [-0.4, -0.2) is 15.0 Å². The second kappa shape index (κ2) is 8.16. The lowest BCUT2D eigenvalue weighted by atomic mass is 10.1. The van der Waals surface area contributed by atoms with Crippen LogP contribution >= 0.6 is 0 Å². The Morgan fingerprint density at radius 3 is 2.00 bits per heavy atom. The second-order valence-corrected chi connectivity index (χ2v) is 7.47. The molecule has 5 rings (SSSR count). The summed E-state index contributed by atoms with van der Waals surface area (Å²) >= 11 is 0. The van der Waals surface area contributed by atoms with E-state index in [1.807, 2.05) is 18.2 Å². The minimum atomic E-state index is -0.366. The summed E-state index contributed by atoms with van der Waals surface area (Å²) < 4.78 is 27.2. The second-order valence-electron chi connectivity index (χ2n) is 7.47. The molecular formula is C25H18F2N6. The molecule has 0 fully saturated rings. The van der Waals surface area contributed by atoms with Gasteiger partial charge in [0.25, 0.3) is 0 Å². The Kier molecular flexibility index (Phi) is 5.02. The fourth-order valence-corrected chi connectivity index (χ4v) is 3.60. The molecular weight excluding hydrogens is 422 g/mol. The summed E-state index contributed by atoms with van der Waals surface area (Å²) in [6, 6.07) is 21.2. The SMILES string of the molecule is Nc1nc(Nc2ccc3nc(-c4cccc(F)c4)cc(N)c3c2)cc(-c2cccc(F)c2)n1. The van der Waals surface area contributed by atoms with Crippen LogP contribution in [0.4, 0.5) is 31.9 Å². The molecule has 5 aromatic rings. The van der Waals surface area contributed by atoms with Crippen molar-refractivity contribution in [3.05, 3.63) is 90.5 Å². The van der Waals surface area contributed by atoms with Gasteiger partial charge < -0.3 is 16.8 Å². The first-order valence-corrected chi connectivity index (χ1v) is 10.1. The number of halogens is 2. The van der Waals surface area contributed by atoms with Gasteiger partial charge in [-0.15, -0.1) is 0 Å². The Hall–Kier alpha value is -4.59. The number of nitrogens with two attached hydrogens (primary N) is 2. The Labute approximate surface area is 188 Å². The smallest absolute Gasteiger partial charge is 0.222 e. The third kappa shape index (κ3) is 4.27. The molecule has 0 bridgehead atoms. The fourth-order valence-electron chi connectivity index (χ4n) is 3.60. The third-order valence-corrected chi connectivity index (χ3v) is 5.10. The Morgan fingerprint density at radius 2 is 1.33 bits per heavy atom. The van der Waals surface area contributed by atoms with E-state index in [2.05, 4.69) is 20.3 Å². The monoisotopic (exact) mass is 440 g/mol. The van der Waals surface area contributed by atoms with Crippen LogP contribution in [-0.2, 0) is 0 Å². The number of nitrogens with zero attached hydrogens (tertiary/aromatic N) is 3. The van der Waals surface area contributed by atoms with Crippen molar-refractivity contribution in [3.8, 4) is 22.5 Å². The van der Waals surface area contributed by atoms with Gasteiger partial charge in [-0.3, -0.25) is 0 Å². The van der Waals surface area contributed by atoms with E-state index < -0.39 is 0 Å². The molecule has 3 aromatic carbocycles. The molecule has 0 unspecified atom stereocenters. The third-order valence-electron chi connectivity index (χ3n) is 5.10. The summed E-state index contributed by atoms with van der Waals surface area (Å²) in [6.45, 7) is 0. The largest absolute Gasteiger partial charge is 0.398 e. The predicted octanol–water partition coefficient (Wildman–Crippen LogP) is 5.55. The minimum absolute atomic E-state index is 0.0565. The van der Waals surface area contributed by atoms with Crippen molar-refractivity contribution in [1.82, 2.24) is 15.0 Å². The normalized spacial score (nSPS) is 11.0. The highest BCUT2D eigenvalue weighted by molar-refractivity contribution is 5.95. The molecule has 8 heteroatoms. The van der Waals surface area contributed by atoms with Crippen LogP contribution < -0.4 is 16.8 Å². The summed E-state index contributed by atoms with van der Waals surface area (Å²) in [6.07, 6.45) is 0. The van der Waals surface area contributed by atoms with Crippen molar-refractivity contribution in [2.24, 2.45) is 0 Å². The Bertz CT molecular complexity index is 1500. The summed E-state index contributed by atoms with van der Waals surface area (Å²) in [4.78, 5) is 13.0. The van der Waals surface area contributed by atoms with Gasteiger partial charge in [0, 0.05) is 34.0 Å². The summed E-state index contributed by atoms with van der Waals surface area (Å²) in [7, 11) is 0. The van der Waals surface area contributed by atoms with E-state index in [0.717, 1.165) is 5.39 Å². The lowest BCUT2D eigenvalue weighted by molar-refractivity contribution is 0.628. The summed E-state index contributed by atoms with van der Waals surface area (Å²) in [5, 5.41) is 3.91. The van der Waals surface area contributed by atoms with Gasteiger partial charge in [0.2, 0.25) is 5.95 Å². The quantitative estimate of drug-likeness (QED) is 0.339. The first-order chi connectivity index (χ1) is 15.9. The average molecular weight is 440 g/mol. The molecule has 33 heavy (non-hydrogen) atoms. The standard InChI is InChI=1S/C25H18F2N6/c26-16-5-1-3-14(9-16)22-12-20(28)19-11-18(7-8-21(19)31-22)30-24-13-23(32-25(29)33-24)15-4-2-6-17(27)10-15/h1-13H,(H2,28,31)(H3,29,30,32,33). The predicted molar refractivity (Wildman–Crippen MR) is 127 cm³/mol. The van der Waals surface area contributed by atoms with Gasteiger partial charge in [-0.1, -0.05) is 24.3 Å². The number of nitrogens with one attached hydrogen (secondary N) is 1. The lowest BCUT2D eigenvalue weighted by Gasteiger charge is -2.11. The van der Waals surface area contributed by atoms with Crippen molar-refractivity contribution in [2.75, 3.05) is 16.8 Å². The fraction of sp³-hybridized carbons (Fsp3) is 0. The van der Waals surface area contributed by atoms with Crippen LogP contribution in [0.1, 0.15) is 0 Å². The Morgan fingerprint density at radius 1 is 0.667 bits per heavy atom. The number of rotatable bonds is 4. The number of fused-ring (bicyclic) bond motifs is 1. The Balaban J connectivity index is 1.49. The molecule has 0 radical (unpaired) electrons. The van der Waals surface area contributed by atoms with E-state index in [9.17, 15) is 8.78 Å². The minimum Gasteiger partial charge on any atom is -0.398 e. The molecule has 162 valence electrons. The maximum absolute atomic E-state index is 13.6. The maximum Gasteiger partial charge on any atom is 0.222 e. The van der Waals surface area contributed by atoms with Gasteiger partial charge in [-0.25, -0.2) is 18.7 Å². The van der Waals surface area contributed by atoms with Crippen molar-refractivity contribution >= 4 is 34.0 Å². The van der Waals surface area contributed by atoms with Gasteiger partial charge in [0.05, 0.1) is 16.9 Å². The van der Waals surface area contributed by atoms with Crippen molar-refractivity contribution < 1.29 is 8.78 Å². The van der Waals surface area contributed by atoms with Crippen molar-refractivity contribution in [3.63, 3.8) is 0 Å². The van der Waals surface area contributed by atoms with Crippen molar-refractivity contribution in [2.45, 2.75) is 0 Å². The molecule has 2 heterocycles. The van der Waals surface area contributed by atoms with Crippen LogP contribution in [0.2, 0.25) is 0 Å². The first kappa shape index (κ1) is 20.3. The average Bonchev–Trinajstić information content (AvgIpc) is 2.79. The van der Waals surface area contributed by atoms with E-state index in [1.54, 1.807) is 36.4 Å². The number of anilines is 4. The number of hydrogen-bond acceptors (Lipinski definition) is 6. The van der Waals surface area contributed by atoms with Gasteiger partial charge in [-0.05, 0) is 48.5 Å². The first-order valence-electron chi connectivity index (χ1n) is 10.1. The molecule has 0 atom stereocenters. The lowest BCUT2D eigenvalue weighted by Crippen LogP contribution is -2.02. The van der Waals surface area contributed by atoms with Gasteiger partial charge in [0.1, 0.15) is 17.5 Å². The number of nitrogen functional groups attached to an aromatic ring is 2. The number of aromatic nitrogens is 3. The highest BCUT2D eigenvalue weighted by Crippen LogP contribution is 2.30. The molecule has 0 aliphatic rings. The number of benzene rings is 3. The van der Waals surface area contributed by atoms with Gasteiger partial charge >= 0.3 is 0 Å². The van der Waals surface area contributed by atoms with Crippen LogP contribution in [0, 0.1) is 11.6 Å². The summed E-state index contributed by atoms with van der Waals surface area (Å²) in [5.41, 5.74) is 16.4. The van der Waals surface area contributed by atoms with Crippen LogP contribution in [0.5, 0.6) is 0 Å². The van der Waals surface area contributed by atoms with Crippen LogP contribution in [0.25, 0.3) is 33.4 Å². The van der Waals surface area contributed by atoms with E-state index >= 15 is 0 Å². The maximum atomic E-state index is 13.6. The zero-order valence-electron chi connectivity index (χ0n) is 17.3.